The largest absolute Gasteiger partial charge is 0.497 e. The molecule has 1 aromatic carbocycles. The molecule has 1 aromatic heterocycles. The van der Waals surface area contributed by atoms with Crippen LogP contribution >= 0.6 is 11.5 Å². The number of anilines is 1. The molecule has 0 unspecified atom stereocenters. The van der Waals surface area contributed by atoms with Gasteiger partial charge in [0, 0.05) is 37.5 Å². The Morgan fingerprint density at radius 1 is 1.31 bits per heavy atom. The van der Waals surface area contributed by atoms with Gasteiger partial charge in [0.1, 0.15) is 11.6 Å². The van der Waals surface area contributed by atoms with Crippen molar-refractivity contribution in [2.45, 2.75) is 32.6 Å². The van der Waals surface area contributed by atoms with E-state index < -0.39 is 0 Å². The van der Waals surface area contributed by atoms with Gasteiger partial charge < -0.3 is 19.9 Å². The summed E-state index contributed by atoms with van der Waals surface area (Å²) in [7, 11) is 5.83. The van der Waals surface area contributed by atoms with Gasteiger partial charge in [0.25, 0.3) is 0 Å². The molecule has 0 bridgehead atoms. The van der Waals surface area contributed by atoms with Crippen molar-refractivity contribution in [2.75, 3.05) is 52.3 Å². The molecule has 29 heavy (non-hydrogen) atoms. The highest BCUT2D eigenvalue weighted by Crippen LogP contribution is 2.21. The van der Waals surface area contributed by atoms with E-state index in [4.69, 9.17) is 9.72 Å². The van der Waals surface area contributed by atoms with Gasteiger partial charge in [-0.1, -0.05) is 25.5 Å². The normalized spacial score (nSPS) is 10.9. The summed E-state index contributed by atoms with van der Waals surface area (Å²) >= 11 is 1.41. The number of hydrogen-bond donors (Lipinski definition) is 2. The number of rotatable bonds is 13. The Kier molecular flexibility index (Phi) is 9.87. The number of likely N-dealkylation sites (N-methyl/N-ethyl adjacent to an activating group) is 1. The third kappa shape index (κ3) is 8.37. The van der Waals surface area contributed by atoms with Crippen LogP contribution in [0.3, 0.4) is 0 Å². The lowest BCUT2D eigenvalue weighted by Crippen LogP contribution is -3.06. The van der Waals surface area contributed by atoms with Crippen molar-refractivity contribution in [1.82, 2.24) is 14.7 Å². The van der Waals surface area contributed by atoms with Crippen LogP contribution < -0.4 is 19.9 Å². The molecule has 0 spiro atoms. The average Bonchev–Trinajstić information content (AvgIpc) is 3.16. The van der Waals surface area contributed by atoms with Crippen LogP contribution in [-0.2, 0) is 11.2 Å². The second-order valence-electron chi connectivity index (χ2n) is 7.42. The number of unbranched alkanes of at least 4 members (excludes halogenated alkanes) is 1. The van der Waals surface area contributed by atoms with E-state index in [1.54, 1.807) is 7.11 Å². The van der Waals surface area contributed by atoms with Crippen LogP contribution in [0.15, 0.2) is 24.3 Å². The van der Waals surface area contributed by atoms with E-state index in [0.717, 1.165) is 48.2 Å². The molecule has 0 radical (unpaired) electrons. The van der Waals surface area contributed by atoms with Crippen LogP contribution in [-0.4, -0.2) is 62.6 Å². The third-order valence-electron chi connectivity index (χ3n) is 4.56. The van der Waals surface area contributed by atoms with Crippen molar-refractivity contribution in [3.8, 4) is 5.75 Å². The fraction of sp³-hybridized carbons (Fsp3) is 0.571. The van der Waals surface area contributed by atoms with E-state index in [1.807, 2.05) is 18.2 Å². The molecule has 0 atom stereocenters. The monoisotopic (exact) mass is 420 g/mol. The Bertz CT molecular complexity index is 750. The number of carbonyl (C=O) groups excluding carboxylic acids is 1. The van der Waals surface area contributed by atoms with Gasteiger partial charge in [-0.05, 0) is 24.1 Å². The maximum atomic E-state index is 12.1. The number of nitrogens with zero attached hydrogens (tertiary/aromatic N) is 3. The average molecular weight is 421 g/mol. The van der Waals surface area contributed by atoms with Gasteiger partial charge in [-0.15, -0.1) is 0 Å². The molecule has 0 saturated carbocycles. The first kappa shape index (κ1) is 23.1. The molecule has 8 heteroatoms. The van der Waals surface area contributed by atoms with Gasteiger partial charge in [0.2, 0.25) is 11.0 Å². The highest BCUT2D eigenvalue weighted by atomic mass is 32.1. The molecule has 1 heterocycles. The molecular formula is C21H34N5O2S+. The summed E-state index contributed by atoms with van der Waals surface area (Å²) in [5.41, 5.74) is 1.12. The molecule has 0 aliphatic carbocycles. The Labute approximate surface area is 178 Å². The van der Waals surface area contributed by atoms with Gasteiger partial charge in [0.05, 0.1) is 34.3 Å². The standard InChI is InChI=1S/C21H33N5O2S/c1-5-6-12-26(13-10-20(27)22-11-14-25(2)3)21-23-19(24-29-21)16-17-8-7-9-18(15-17)28-4/h7-9,15H,5-6,10-14,16H2,1-4H3,(H,22,27)/p+1. The number of carbonyl (C=O) groups is 1. The Balaban J connectivity index is 1.94. The maximum absolute atomic E-state index is 12.1. The Hall–Kier alpha value is -2.19. The van der Waals surface area contributed by atoms with E-state index in [-0.39, 0.29) is 5.91 Å². The number of amides is 1. The van der Waals surface area contributed by atoms with Crippen LogP contribution in [0.5, 0.6) is 5.75 Å². The summed E-state index contributed by atoms with van der Waals surface area (Å²) in [6.45, 7) is 5.35. The number of hydrogen-bond acceptors (Lipinski definition) is 6. The molecule has 0 aliphatic rings. The first-order valence-corrected chi connectivity index (χ1v) is 11.0. The van der Waals surface area contributed by atoms with Crippen LogP contribution in [0.4, 0.5) is 5.13 Å². The highest BCUT2D eigenvalue weighted by molar-refractivity contribution is 7.09. The van der Waals surface area contributed by atoms with Crippen molar-refractivity contribution < 1.29 is 14.4 Å². The molecule has 1 amide bonds. The zero-order valence-corrected chi connectivity index (χ0v) is 18.8. The number of ether oxygens (including phenoxy) is 1. The smallest absolute Gasteiger partial charge is 0.221 e. The van der Waals surface area contributed by atoms with Crippen LogP contribution in [0.1, 0.15) is 37.6 Å². The van der Waals surface area contributed by atoms with Crippen molar-refractivity contribution in [3.63, 3.8) is 0 Å². The first-order chi connectivity index (χ1) is 14.0. The van der Waals surface area contributed by atoms with Gasteiger partial charge in [-0.25, -0.2) is 4.98 Å². The quantitative estimate of drug-likeness (QED) is 0.513. The fourth-order valence-electron chi connectivity index (χ4n) is 2.84. The summed E-state index contributed by atoms with van der Waals surface area (Å²) in [6.07, 6.45) is 3.31. The number of benzene rings is 1. The van der Waals surface area contributed by atoms with Crippen LogP contribution in [0, 0.1) is 0 Å². The third-order valence-corrected chi connectivity index (χ3v) is 5.38. The molecule has 7 nitrogen and oxygen atoms in total. The highest BCUT2D eigenvalue weighted by Gasteiger charge is 2.14. The second-order valence-corrected chi connectivity index (χ2v) is 8.15. The van der Waals surface area contributed by atoms with Crippen molar-refractivity contribution in [2.24, 2.45) is 0 Å². The molecule has 160 valence electrons. The van der Waals surface area contributed by atoms with Crippen LogP contribution in [0.2, 0.25) is 0 Å². The van der Waals surface area contributed by atoms with Crippen molar-refractivity contribution in [3.05, 3.63) is 35.7 Å². The summed E-state index contributed by atoms with van der Waals surface area (Å²) in [5, 5.41) is 3.89. The molecule has 2 N–H and O–H groups in total. The summed E-state index contributed by atoms with van der Waals surface area (Å²) < 4.78 is 9.83. The predicted molar refractivity (Wildman–Crippen MR) is 118 cm³/mol. The minimum absolute atomic E-state index is 0.0915. The van der Waals surface area contributed by atoms with E-state index in [0.29, 0.717) is 25.9 Å². The van der Waals surface area contributed by atoms with E-state index in [1.165, 1.54) is 16.4 Å². The van der Waals surface area contributed by atoms with Crippen molar-refractivity contribution >= 4 is 22.6 Å². The number of methoxy groups -OCH3 is 1. The minimum Gasteiger partial charge on any atom is -0.497 e. The zero-order chi connectivity index (χ0) is 21.1. The summed E-state index contributed by atoms with van der Waals surface area (Å²) in [4.78, 5) is 20.4. The summed E-state index contributed by atoms with van der Waals surface area (Å²) in [5.74, 6) is 1.73. The minimum atomic E-state index is 0.0915. The first-order valence-electron chi connectivity index (χ1n) is 10.3. The van der Waals surface area contributed by atoms with E-state index in [9.17, 15) is 4.79 Å². The molecular weight excluding hydrogens is 386 g/mol. The molecule has 0 fully saturated rings. The van der Waals surface area contributed by atoms with Gasteiger partial charge in [-0.2, -0.15) is 4.37 Å². The van der Waals surface area contributed by atoms with E-state index >= 15 is 0 Å². The predicted octanol–water partition coefficient (Wildman–Crippen LogP) is 1.39. The topological polar surface area (TPSA) is 71.8 Å². The van der Waals surface area contributed by atoms with Crippen molar-refractivity contribution in [1.29, 1.82) is 0 Å². The lowest BCUT2D eigenvalue weighted by molar-refractivity contribution is -0.856. The van der Waals surface area contributed by atoms with Gasteiger partial charge in [-0.3, -0.25) is 4.79 Å². The molecule has 0 saturated heterocycles. The maximum Gasteiger partial charge on any atom is 0.221 e. The number of aromatic nitrogens is 2. The zero-order valence-electron chi connectivity index (χ0n) is 18.0. The molecule has 2 rings (SSSR count). The van der Waals surface area contributed by atoms with Crippen LogP contribution in [0.25, 0.3) is 0 Å². The SMILES string of the molecule is CCCCN(CCC(=O)NCC[NH+](C)C)c1nc(Cc2cccc(OC)c2)ns1. The number of nitrogens with one attached hydrogen (secondary N) is 2. The lowest BCUT2D eigenvalue weighted by Gasteiger charge is -2.20. The van der Waals surface area contributed by atoms with Gasteiger partial charge in [0.15, 0.2) is 0 Å². The van der Waals surface area contributed by atoms with Gasteiger partial charge >= 0.3 is 0 Å². The molecule has 2 aromatic rings. The Morgan fingerprint density at radius 2 is 2.14 bits per heavy atom. The summed E-state index contributed by atoms with van der Waals surface area (Å²) in [6, 6.07) is 7.97. The Morgan fingerprint density at radius 3 is 2.86 bits per heavy atom. The molecule has 0 aliphatic heterocycles. The number of quaternary nitrogens is 1. The fourth-order valence-corrected chi connectivity index (χ4v) is 3.58. The second kappa shape index (κ2) is 12.4. The lowest BCUT2D eigenvalue weighted by atomic mass is 10.1. The van der Waals surface area contributed by atoms with E-state index in [2.05, 4.69) is 41.7 Å².